The van der Waals surface area contributed by atoms with E-state index in [0.29, 0.717) is 29.4 Å². The molecule has 0 heterocycles. The zero-order chi connectivity index (χ0) is 12.0. The van der Waals surface area contributed by atoms with Gasteiger partial charge in [0.15, 0.2) is 0 Å². The van der Waals surface area contributed by atoms with Gasteiger partial charge in [-0.1, -0.05) is 29.3 Å². The van der Waals surface area contributed by atoms with Gasteiger partial charge in [-0.15, -0.1) is 0 Å². The molecule has 0 saturated carbocycles. The minimum atomic E-state index is -0.0832. The van der Waals surface area contributed by atoms with Crippen molar-refractivity contribution < 1.29 is 9.90 Å². The van der Waals surface area contributed by atoms with Crippen LogP contribution in [0.2, 0.25) is 10.0 Å². The van der Waals surface area contributed by atoms with Crippen LogP contribution in [-0.4, -0.2) is 17.6 Å². The molecule has 1 aromatic rings. The minimum Gasteiger partial charge on any atom is -0.396 e. The summed E-state index contributed by atoms with van der Waals surface area (Å²) < 4.78 is 0. The second-order valence-corrected chi connectivity index (χ2v) is 4.17. The molecular weight excluding hydrogens is 249 g/mol. The van der Waals surface area contributed by atoms with Gasteiger partial charge in [0.2, 0.25) is 5.91 Å². The number of rotatable bonds is 5. The van der Waals surface area contributed by atoms with Crippen LogP contribution in [0, 0.1) is 0 Å². The molecule has 3 nitrogen and oxygen atoms in total. The van der Waals surface area contributed by atoms with E-state index in [4.69, 9.17) is 28.3 Å². The zero-order valence-electron chi connectivity index (χ0n) is 8.67. The molecule has 1 aromatic carbocycles. The molecule has 0 aliphatic rings. The molecule has 1 rings (SSSR count). The van der Waals surface area contributed by atoms with Gasteiger partial charge in [-0.05, 0) is 24.1 Å². The van der Waals surface area contributed by atoms with Crippen molar-refractivity contribution in [2.24, 2.45) is 0 Å². The first-order valence-corrected chi connectivity index (χ1v) is 5.70. The van der Waals surface area contributed by atoms with Crippen LogP contribution >= 0.6 is 23.2 Å². The summed E-state index contributed by atoms with van der Waals surface area (Å²) in [4.78, 5) is 11.2. The summed E-state index contributed by atoms with van der Waals surface area (Å²) >= 11 is 11.6. The van der Waals surface area contributed by atoms with Crippen LogP contribution < -0.4 is 5.32 Å². The molecule has 0 spiro atoms. The second kappa shape index (κ2) is 6.74. The lowest BCUT2D eigenvalue weighted by atomic mass is 10.2. The monoisotopic (exact) mass is 261 g/mol. The molecule has 16 heavy (non-hydrogen) atoms. The zero-order valence-corrected chi connectivity index (χ0v) is 10.2. The van der Waals surface area contributed by atoms with E-state index in [9.17, 15) is 4.79 Å². The van der Waals surface area contributed by atoms with Crippen LogP contribution in [0.25, 0.3) is 0 Å². The average Bonchev–Trinajstić information content (AvgIpc) is 2.28. The van der Waals surface area contributed by atoms with Crippen LogP contribution in [-0.2, 0) is 11.3 Å². The van der Waals surface area contributed by atoms with Crippen molar-refractivity contribution >= 4 is 29.1 Å². The topological polar surface area (TPSA) is 49.3 Å². The molecule has 0 bridgehead atoms. The molecule has 2 N–H and O–H groups in total. The first kappa shape index (κ1) is 13.3. The molecule has 0 aromatic heterocycles. The maximum absolute atomic E-state index is 11.2. The molecular formula is C11H13Cl2NO2. The fourth-order valence-corrected chi connectivity index (χ4v) is 1.50. The molecule has 0 aliphatic heterocycles. The highest BCUT2D eigenvalue weighted by Gasteiger charge is 2.02. The van der Waals surface area contributed by atoms with Gasteiger partial charge in [-0.2, -0.15) is 0 Å². The van der Waals surface area contributed by atoms with Gasteiger partial charge >= 0.3 is 0 Å². The van der Waals surface area contributed by atoms with Crippen molar-refractivity contribution in [2.45, 2.75) is 19.4 Å². The Morgan fingerprint density at radius 1 is 1.31 bits per heavy atom. The van der Waals surface area contributed by atoms with Gasteiger partial charge in [-0.3, -0.25) is 4.79 Å². The number of benzene rings is 1. The fourth-order valence-electron chi connectivity index (χ4n) is 1.18. The van der Waals surface area contributed by atoms with Crippen LogP contribution in [0.5, 0.6) is 0 Å². The Morgan fingerprint density at radius 3 is 2.69 bits per heavy atom. The molecule has 0 atom stereocenters. The fraction of sp³-hybridized carbons (Fsp3) is 0.364. The van der Waals surface area contributed by atoms with Crippen molar-refractivity contribution in [2.75, 3.05) is 6.61 Å². The van der Waals surface area contributed by atoms with Crippen LogP contribution in [0.3, 0.4) is 0 Å². The van der Waals surface area contributed by atoms with Gasteiger partial charge in [-0.25, -0.2) is 0 Å². The molecule has 1 amide bonds. The standard InChI is InChI=1S/C11H13Cl2NO2/c12-9-4-3-8(6-10(9)13)7-14-11(16)2-1-5-15/h3-4,6,15H,1-2,5,7H2,(H,14,16). The molecule has 0 saturated heterocycles. The van der Waals surface area contributed by atoms with Crippen LogP contribution in [0.4, 0.5) is 0 Å². The Labute approximate surface area is 104 Å². The van der Waals surface area contributed by atoms with E-state index in [1.54, 1.807) is 18.2 Å². The number of aliphatic hydroxyl groups is 1. The van der Waals surface area contributed by atoms with E-state index in [1.807, 2.05) is 0 Å². The third-order valence-electron chi connectivity index (χ3n) is 2.04. The van der Waals surface area contributed by atoms with Gasteiger partial charge in [0.25, 0.3) is 0 Å². The number of hydrogen-bond acceptors (Lipinski definition) is 2. The SMILES string of the molecule is O=C(CCCO)NCc1ccc(Cl)c(Cl)c1. The van der Waals surface area contributed by atoms with Gasteiger partial charge in [0.1, 0.15) is 0 Å². The first-order valence-electron chi connectivity index (χ1n) is 4.95. The number of aliphatic hydroxyl groups excluding tert-OH is 1. The van der Waals surface area contributed by atoms with Crippen molar-refractivity contribution in [1.29, 1.82) is 0 Å². The average molecular weight is 262 g/mol. The smallest absolute Gasteiger partial charge is 0.220 e. The van der Waals surface area contributed by atoms with Crippen molar-refractivity contribution in [3.05, 3.63) is 33.8 Å². The van der Waals surface area contributed by atoms with E-state index >= 15 is 0 Å². The Hall–Kier alpha value is -0.770. The highest BCUT2D eigenvalue weighted by atomic mass is 35.5. The molecule has 5 heteroatoms. The highest BCUT2D eigenvalue weighted by Crippen LogP contribution is 2.22. The lowest BCUT2D eigenvalue weighted by Crippen LogP contribution is -2.22. The Bertz CT molecular complexity index is 369. The molecule has 0 unspecified atom stereocenters. The Morgan fingerprint density at radius 2 is 2.06 bits per heavy atom. The summed E-state index contributed by atoms with van der Waals surface area (Å²) in [6.45, 7) is 0.446. The summed E-state index contributed by atoms with van der Waals surface area (Å²) in [5.74, 6) is -0.0832. The number of carbonyl (C=O) groups is 1. The van der Waals surface area contributed by atoms with E-state index in [1.165, 1.54) is 0 Å². The van der Waals surface area contributed by atoms with Gasteiger partial charge in [0, 0.05) is 19.6 Å². The number of nitrogens with one attached hydrogen (secondary N) is 1. The summed E-state index contributed by atoms with van der Waals surface area (Å²) in [7, 11) is 0. The van der Waals surface area contributed by atoms with Crippen molar-refractivity contribution in [1.82, 2.24) is 5.32 Å². The summed E-state index contributed by atoms with van der Waals surface area (Å²) in [6.07, 6.45) is 0.811. The third kappa shape index (κ3) is 4.39. The third-order valence-corrected chi connectivity index (χ3v) is 2.77. The molecule has 0 fully saturated rings. The summed E-state index contributed by atoms with van der Waals surface area (Å²) in [5.41, 5.74) is 0.895. The second-order valence-electron chi connectivity index (χ2n) is 3.35. The molecule has 0 aliphatic carbocycles. The van der Waals surface area contributed by atoms with Crippen LogP contribution in [0.1, 0.15) is 18.4 Å². The van der Waals surface area contributed by atoms with E-state index in [2.05, 4.69) is 5.32 Å². The van der Waals surface area contributed by atoms with Gasteiger partial charge < -0.3 is 10.4 Å². The van der Waals surface area contributed by atoms with Crippen LogP contribution in [0.15, 0.2) is 18.2 Å². The minimum absolute atomic E-state index is 0.0280. The predicted molar refractivity (Wildman–Crippen MR) is 64.6 cm³/mol. The normalized spacial score (nSPS) is 10.2. The van der Waals surface area contributed by atoms with E-state index in [-0.39, 0.29) is 12.5 Å². The lowest BCUT2D eigenvalue weighted by molar-refractivity contribution is -0.121. The maximum atomic E-state index is 11.2. The number of hydrogen-bond donors (Lipinski definition) is 2. The summed E-state index contributed by atoms with van der Waals surface area (Å²) in [5, 5.41) is 12.3. The predicted octanol–water partition coefficient (Wildman–Crippen LogP) is 2.38. The largest absolute Gasteiger partial charge is 0.396 e. The highest BCUT2D eigenvalue weighted by molar-refractivity contribution is 6.42. The van der Waals surface area contributed by atoms with Gasteiger partial charge in [0.05, 0.1) is 10.0 Å². The lowest BCUT2D eigenvalue weighted by Gasteiger charge is -2.05. The Balaban J connectivity index is 2.42. The molecule has 0 radical (unpaired) electrons. The molecule has 88 valence electrons. The number of halogens is 2. The van der Waals surface area contributed by atoms with E-state index in [0.717, 1.165) is 5.56 Å². The van der Waals surface area contributed by atoms with Crippen molar-refractivity contribution in [3.63, 3.8) is 0 Å². The maximum Gasteiger partial charge on any atom is 0.220 e. The Kier molecular flexibility index (Phi) is 5.60. The number of amides is 1. The van der Waals surface area contributed by atoms with Crippen molar-refractivity contribution in [3.8, 4) is 0 Å². The summed E-state index contributed by atoms with van der Waals surface area (Å²) in [6, 6.07) is 5.22. The first-order chi connectivity index (χ1) is 7.63. The number of carbonyl (C=O) groups excluding carboxylic acids is 1. The quantitative estimate of drug-likeness (QED) is 0.855. The van der Waals surface area contributed by atoms with E-state index < -0.39 is 0 Å².